The normalized spacial score (nSPS) is 19.9. The topological polar surface area (TPSA) is 86.4 Å². The molecule has 2 aliphatic rings. The standard InChI is InChI=1S/C25H19Cl2F4N6O2/c1-10-12-5-4-6-33-23(12)37(2)9-39-21-16-20(34-24(38-3)35-22(16)36(10)37)19(28)15(18(21)27)13-7-11(32)8-14(26)17(13)25(29,30)31/h4-8,10H,9,32H2,1-3H3/q+1. The van der Waals surface area contributed by atoms with E-state index < -0.39 is 38.7 Å². The van der Waals surface area contributed by atoms with E-state index in [-0.39, 0.29) is 51.5 Å². The van der Waals surface area contributed by atoms with Crippen molar-refractivity contribution >= 4 is 51.4 Å². The van der Waals surface area contributed by atoms with Crippen molar-refractivity contribution in [3.8, 4) is 22.9 Å². The van der Waals surface area contributed by atoms with Crippen LogP contribution in [0.15, 0.2) is 30.5 Å². The van der Waals surface area contributed by atoms with Crippen LogP contribution in [0, 0.1) is 5.82 Å². The average molecular weight is 582 g/mol. The molecule has 4 aromatic rings. The number of nitrogens with two attached hydrogens (primary N) is 1. The fraction of sp³-hybridized carbons (Fsp3) is 0.240. The van der Waals surface area contributed by atoms with Crippen LogP contribution < -0.4 is 24.8 Å². The SMILES string of the molecule is COc1nc2c3c(c(Cl)c(-c4cc(N)cc(Cl)c4C(F)(F)F)c(F)c3n1)OC[N+]1(C)c3ncccc3C(C)N21. The molecule has 39 heavy (non-hydrogen) atoms. The number of methoxy groups -OCH3 is 1. The van der Waals surface area contributed by atoms with Crippen molar-refractivity contribution in [3.63, 3.8) is 0 Å². The Morgan fingerprint density at radius 1 is 1.23 bits per heavy atom. The number of alkyl halides is 3. The number of hydrogen-bond donors (Lipinski definition) is 1. The van der Waals surface area contributed by atoms with Gasteiger partial charge in [-0.2, -0.15) is 28.1 Å². The minimum Gasteiger partial charge on any atom is -0.467 e. The average Bonchev–Trinajstić information content (AvgIpc) is 2.99. The molecule has 0 radical (unpaired) electrons. The Hall–Kier alpha value is -3.61. The highest BCUT2D eigenvalue weighted by Crippen LogP contribution is 2.55. The van der Waals surface area contributed by atoms with E-state index in [1.54, 1.807) is 12.3 Å². The second-order valence-electron chi connectivity index (χ2n) is 9.36. The zero-order chi connectivity index (χ0) is 28.0. The molecule has 2 aromatic heterocycles. The summed E-state index contributed by atoms with van der Waals surface area (Å²) in [4.78, 5) is 13.3. The van der Waals surface area contributed by atoms with Crippen molar-refractivity contribution in [2.75, 3.05) is 31.6 Å². The summed E-state index contributed by atoms with van der Waals surface area (Å²) in [5.41, 5.74) is 3.70. The van der Waals surface area contributed by atoms with Crippen LogP contribution in [0.5, 0.6) is 11.8 Å². The lowest BCUT2D eigenvalue weighted by molar-refractivity contribution is -0.137. The van der Waals surface area contributed by atoms with Gasteiger partial charge in [-0.3, -0.25) is 0 Å². The number of rotatable bonds is 2. The number of benzene rings is 2. The smallest absolute Gasteiger partial charge is 0.418 e. The first-order chi connectivity index (χ1) is 18.4. The van der Waals surface area contributed by atoms with Gasteiger partial charge in [0, 0.05) is 23.0 Å². The summed E-state index contributed by atoms with van der Waals surface area (Å²) in [7, 11) is 3.13. The van der Waals surface area contributed by atoms with E-state index in [1.165, 1.54) is 7.11 Å². The highest BCUT2D eigenvalue weighted by Gasteiger charge is 2.53. The molecule has 0 bridgehead atoms. The molecule has 2 unspecified atom stereocenters. The van der Waals surface area contributed by atoms with Gasteiger partial charge in [-0.1, -0.05) is 23.2 Å². The van der Waals surface area contributed by atoms with E-state index in [4.69, 9.17) is 38.4 Å². The third-order valence-electron chi connectivity index (χ3n) is 7.03. The molecule has 0 amide bonds. The molecule has 2 aromatic carbocycles. The first kappa shape index (κ1) is 25.7. The molecule has 2 N–H and O–H groups in total. The van der Waals surface area contributed by atoms with Crippen molar-refractivity contribution in [1.29, 1.82) is 0 Å². The van der Waals surface area contributed by atoms with Gasteiger partial charge in [-0.15, -0.1) is 4.59 Å². The fourth-order valence-corrected chi connectivity index (χ4v) is 6.11. The van der Waals surface area contributed by atoms with Crippen molar-refractivity contribution < 1.29 is 27.0 Å². The summed E-state index contributed by atoms with van der Waals surface area (Å²) in [5, 5.41) is 0.813. The van der Waals surface area contributed by atoms with E-state index in [0.29, 0.717) is 5.82 Å². The fourth-order valence-electron chi connectivity index (χ4n) is 5.44. The van der Waals surface area contributed by atoms with E-state index in [0.717, 1.165) is 17.7 Å². The predicted molar refractivity (Wildman–Crippen MR) is 139 cm³/mol. The molecule has 2 atom stereocenters. The highest BCUT2D eigenvalue weighted by molar-refractivity contribution is 6.37. The largest absolute Gasteiger partial charge is 0.467 e. The molecule has 202 valence electrons. The van der Waals surface area contributed by atoms with Gasteiger partial charge in [0.2, 0.25) is 0 Å². The number of ether oxygens (including phenoxy) is 2. The number of nitrogen functional groups attached to an aromatic ring is 1. The molecule has 0 saturated heterocycles. The Labute approximate surface area is 229 Å². The first-order valence-electron chi connectivity index (χ1n) is 11.5. The van der Waals surface area contributed by atoms with Gasteiger partial charge in [-0.25, -0.2) is 9.37 Å². The summed E-state index contributed by atoms with van der Waals surface area (Å²) in [5.74, 6) is -0.366. The molecular formula is C25H19Cl2F4N6O2+. The zero-order valence-corrected chi connectivity index (χ0v) is 22.1. The van der Waals surface area contributed by atoms with Crippen molar-refractivity contribution in [3.05, 3.63) is 57.5 Å². The van der Waals surface area contributed by atoms with Gasteiger partial charge in [0.15, 0.2) is 17.4 Å². The summed E-state index contributed by atoms with van der Waals surface area (Å²) in [6.07, 6.45) is -3.31. The van der Waals surface area contributed by atoms with Crippen LogP contribution in [0.4, 0.5) is 34.9 Å². The third-order valence-corrected chi connectivity index (χ3v) is 7.69. The number of quaternary nitrogens is 1. The molecule has 0 spiro atoms. The molecule has 8 nitrogen and oxygen atoms in total. The van der Waals surface area contributed by atoms with Crippen LogP contribution >= 0.6 is 23.2 Å². The van der Waals surface area contributed by atoms with Crippen LogP contribution in [0.2, 0.25) is 10.0 Å². The van der Waals surface area contributed by atoms with E-state index >= 15 is 4.39 Å². The minimum atomic E-state index is -4.95. The quantitative estimate of drug-likeness (QED) is 0.163. The van der Waals surface area contributed by atoms with Gasteiger partial charge >= 0.3 is 12.2 Å². The Morgan fingerprint density at radius 2 is 1.97 bits per heavy atom. The Bertz CT molecular complexity index is 1700. The second-order valence-corrected chi connectivity index (χ2v) is 10.1. The number of pyridine rings is 1. The molecule has 2 aliphatic heterocycles. The van der Waals surface area contributed by atoms with Crippen molar-refractivity contribution in [2.45, 2.75) is 19.1 Å². The molecule has 4 heterocycles. The molecule has 14 heteroatoms. The van der Waals surface area contributed by atoms with Crippen molar-refractivity contribution in [2.24, 2.45) is 0 Å². The Kier molecular flexibility index (Phi) is 5.55. The molecule has 6 rings (SSSR count). The number of aromatic nitrogens is 3. The highest BCUT2D eigenvalue weighted by atomic mass is 35.5. The van der Waals surface area contributed by atoms with Crippen LogP contribution in [0.1, 0.15) is 24.1 Å². The van der Waals surface area contributed by atoms with Gasteiger partial charge in [0.25, 0.3) is 12.5 Å². The summed E-state index contributed by atoms with van der Waals surface area (Å²) in [6, 6.07) is 5.11. The number of halogens is 6. The second kappa shape index (κ2) is 8.44. The lowest BCUT2D eigenvalue weighted by atomic mass is 9.95. The maximum atomic E-state index is 16.4. The molecule has 0 fully saturated rings. The number of hydrogen-bond acceptors (Lipinski definition) is 7. The van der Waals surface area contributed by atoms with Gasteiger partial charge in [0.1, 0.15) is 18.6 Å². The monoisotopic (exact) mass is 581 g/mol. The van der Waals surface area contributed by atoms with Gasteiger partial charge < -0.3 is 15.2 Å². The third kappa shape index (κ3) is 3.51. The lowest BCUT2D eigenvalue weighted by Gasteiger charge is -2.36. The minimum absolute atomic E-state index is 0.0352. The number of fused-ring (bicyclic) bond motifs is 4. The Morgan fingerprint density at radius 3 is 2.67 bits per heavy atom. The first-order valence-corrected chi connectivity index (χ1v) is 12.3. The molecule has 0 saturated carbocycles. The molecule has 0 aliphatic carbocycles. The Balaban J connectivity index is 1.73. The summed E-state index contributed by atoms with van der Waals surface area (Å²) < 4.78 is 70.3. The molecular weight excluding hydrogens is 563 g/mol. The lowest BCUT2D eigenvalue weighted by Crippen LogP contribution is -2.58. The van der Waals surface area contributed by atoms with E-state index in [9.17, 15) is 13.2 Å². The number of anilines is 2. The van der Waals surface area contributed by atoms with Crippen molar-refractivity contribution in [1.82, 2.24) is 19.5 Å². The summed E-state index contributed by atoms with van der Waals surface area (Å²) >= 11 is 12.7. The van der Waals surface area contributed by atoms with Crippen LogP contribution in [0.3, 0.4) is 0 Å². The van der Waals surface area contributed by atoms with E-state index in [2.05, 4.69) is 15.0 Å². The van der Waals surface area contributed by atoms with Gasteiger partial charge in [0.05, 0.1) is 33.7 Å². The van der Waals surface area contributed by atoms with Crippen LogP contribution in [-0.4, -0.2) is 35.8 Å². The van der Waals surface area contributed by atoms with E-state index in [1.807, 2.05) is 25.0 Å². The predicted octanol–water partition coefficient (Wildman–Crippen LogP) is 6.53. The maximum Gasteiger partial charge on any atom is 0.418 e. The van der Waals surface area contributed by atoms with Gasteiger partial charge in [-0.05, 0) is 31.2 Å². The zero-order valence-electron chi connectivity index (χ0n) is 20.6. The maximum absolute atomic E-state index is 16.4. The summed E-state index contributed by atoms with van der Waals surface area (Å²) in [6.45, 7) is 1.84. The van der Waals surface area contributed by atoms with Crippen LogP contribution in [0.25, 0.3) is 22.0 Å². The van der Waals surface area contributed by atoms with Crippen LogP contribution in [-0.2, 0) is 6.18 Å². The number of nitrogens with zero attached hydrogens (tertiary/aromatic N) is 5.